The summed E-state index contributed by atoms with van der Waals surface area (Å²) in [6.07, 6.45) is -3.41. The van der Waals surface area contributed by atoms with Gasteiger partial charge in [-0.05, 0) is 18.2 Å². The van der Waals surface area contributed by atoms with Crippen LogP contribution in [0.3, 0.4) is 0 Å². The topological polar surface area (TPSA) is 49.2 Å². The zero-order chi connectivity index (χ0) is 18.0. The molecule has 130 valence electrons. The third-order valence-corrected chi connectivity index (χ3v) is 4.19. The van der Waals surface area contributed by atoms with Crippen molar-refractivity contribution < 1.29 is 17.9 Å². The number of ether oxygens (including phenoxy) is 1. The van der Waals surface area contributed by atoms with Crippen LogP contribution in [0.25, 0.3) is 0 Å². The number of pyridine rings is 1. The van der Waals surface area contributed by atoms with E-state index in [1.54, 1.807) is 12.1 Å². The number of halogens is 4. The van der Waals surface area contributed by atoms with Gasteiger partial charge in [0, 0.05) is 19.2 Å². The second-order valence-corrected chi connectivity index (χ2v) is 6.02. The van der Waals surface area contributed by atoms with Gasteiger partial charge in [-0.15, -0.1) is 0 Å². The van der Waals surface area contributed by atoms with Gasteiger partial charge >= 0.3 is 6.18 Å². The first-order chi connectivity index (χ1) is 11.9. The summed E-state index contributed by atoms with van der Waals surface area (Å²) in [6, 6.07) is 10.2. The van der Waals surface area contributed by atoms with E-state index in [9.17, 15) is 18.4 Å². The van der Waals surface area contributed by atoms with E-state index in [2.05, 4.69) is 11.1 Å². The summed E-state index contributed by atoms with van der Waals surface area (Å²) in [7, 11) is 0. The fraction of sp³-hybridized carbons (Fsp3) is 0.294. The summed E-state index contributed by atoms with van der Waals surface area (Å²) in [4.78, 5) is 5.70. The van der Waals surface area contributed by atoms with E-state index in [0.29, 0.717) is 31.3 Å². The van der Waals surface area contributed by atoms with Gasteiger partial charge in [-0.2, -0.15) is 18.4 Å². The lowest BCUT2D eigenvalue weighted by molar-refractivity contribution is -0.137. The number of nitrogens with zero attached hydrogens (tertiary/aromatic N) is 3. The molecule has 1 atom stereocenters. The highest BCUT2D eigenvalue weighted by Crippen LogP contribution is 2.34. The smallest absolute Gasteiger partial charge is 0.417 e. The number of hydrogen-bond acceptors (Lipinski definition) is 4. The standard InChI is InChI=1S/C17H13ClF3N3O/c18-14-7-12(17(19,20)21)9-23-16(14)25-13-5-6-24(10-13)15-4-2-1-3-11(15)8-22/h1-4,7,9,13H,5-6,10H2/t13-/m0/s1. The van der Waals surface area contributed by atoms with Gasteiger partial charge in [0.05, 0.1) is 23.4 Å². The first-order valence-electron chi connectivity index (χ1n) is 7.52. The first kappa shape index (κ1) is 17.4. The molecule has 2 heterocycles. The second kappa shape index (κ2) is 6.81. The van der Waals surface area contributed by atoms with Crippen molar-refractivity contribution >= 4 is 17.3 Å². The SMILES string of the molecule is N#Cc1ccccc1N1CC[C@H](Oc2ncc(C(F)(F)F)cc2Cl)C1. The average Bonchev–Trinajstić information content (AvgIpc) is 3.04. The molecular formula is C17H13ClF3N3O. The highest BCUT2D eigenvalue weighted by atomic mass is 35.5. The third kappa shape index (κ3) is 3.80. The molecule has 0 saturated carbocycles. The molecule has 25 heavy (non-hydrogen) atoms. The molecule has 1 fully saturated rings. The quantitative estimate of drug-likeness (QED) is 0.812. The maximum Gasteiger partial charge on any atom is 0.417 e. The first-order valence-corrected chi connectivity index (χ1v) is 7.90. The van der Waals surface area contributed by atoms with Crippen LogP contribution in [0.1, 0.15) is 17.5 Å². The number of rotatable bonds is 3. The Labute approximate surface area is 147 Å². The van der Waals surface area contributed by atoms with E-state index in [1.165, 1.54) is 0 Å². The van der Waals surface area contributed by atoms with Crippen LogP contribution in [0.5, 0.6) is 5.88 Å². The molecule has 0 amide bonds. The lowest BCUT2D eigenvalue weighted by Gasteiger charge is -2.20. The van der Waals surface area contributed by atoms with Crippen molar-refractivity contribution in [2.24, 2.45) is 0 Å². The van der Waals surface area contributed by atoms with Crippen LogP contribution in [0.2, 0.25) is 5.02 Å². The summed E-state index contributed by atoms with van der Waals surface area (Å²) >= 11 is 5.87. The molecule has 8 heteroatoms. The Kier molecular flexibility index (Phi) is 4.73. The lowest BCUT2D eigenvalue weighted by Crippen LogP contribution is -2.25. The Morgan fingerprint density at radius 3 is 2.76 bits per heavy atom. The molecule has 1 saturated heterocycles. The van der Waals surface area contributed by atoms with Crippen LogP contribution < -0.4 is 9.64 Å². The third-order valence-electron chi connectivity index (χ3n) is 3.92. The Bertz CT molecular complexity index is 820. The van der Waals surface area contributed by atoms with Gasteiger partial charge in [0.1, 0.15) is 17.2 Å². The van der Waals surface area contributed by atoms with Gasteiger partial charge in [0.15, 0.2) is 0 Å². The highest BCUT2D eigenvalue weighted by Gasteiger charge is 2.32. The van der Waals surface area contributed by atoms with E-state index in [-0.39, 0.29) is 17.0 Å². The lowest BCUT2D eigenvalue weighted by atomic mass is 10.2. The van der Waals surface area contributed by atoms with Crippen molar-refractivity contribution in [1.29, 1.82) is 5.26 Å². The number of nitriles is 1. The van der Waals surface area contributed by atoms with Crippen LogP contribution in [-0.2, 0) is 6.18 Å². The van der Waals surface area contributed by atoms with Gasteiger partial charge in [-0.1, -0.05) is 23.7 Å². The normalized spacial score (nSPS) is 17.4. The van der Waals surface area contributed by atoms with Crippen molar-refractivity contribution in [3.05, 3.63) is 52.7 Å². The molecule has 1 aromatic heterocycles. The molecule has 0 spiro atoms. The number of para-hydroxylation sites is 1. The summed E-state index contributed by atoms with van der Waals surface area (Å²) < 4.78 is 43.6. The molecule has 1 aliphatic rings. The second-order valence-electron chi connectivity index (χ2n) is 5.61. The minimum Gasteiger partial charge on any atom is -0.471 e. The minimum absolute atomic E-state index is 0.0184. The molecule has 1 aromatic carbocycles. The van der Waals surface area contributed by atoms with Crippen LogP contribution in [0.15, 0.2) is 36.5 Å². The molecule has 0 aliphatic carbocycles. The van der Waals surface area contributed by atoms with Crippen molar-refractivity contribution in [2.75, 3.05) is 18.0 Å². The molecule has 0 N–H and O–H groups in total. The molecule has 0 bridgehead atoms. The van der Waals surface area contributed by atoms with E-state index < -0.39 is 11.7 Å². The van der Waals surface area contributed by atoms with Crippen molar-refractivity contribution in [2.45, 2.75) is 18.7 Å². The molecule has 4 nitrogen and oxygen atoms in total. The predicted molar refractivity (Wildman–Crippen MR) is 86.7 cm³/mol. The van der Waals surface area contributed by atoms with Gasteiger partial charge in [0.25, 0.3) is 0 Å². The van der Waals surface area contributed by atoms with Crippen LogP contribution >= 0.6 is 11.6 Å². The molecule has 3 rings (SSSR count). The number of hydrogen-bond donors (Lipinski definition) is 0. The van der Waals surface area contributed by atoms with Gasteiger partial charge in [0.2, 0.25) is 5.88 Å². The fourth-order valence-corrected chi connectivity index (χ4v) is 2.92. The van der Waals surface area contributed by atoms with Crippen molar-refractivity contribution in [3.63, 3.8) is 0 Å². The average molecular weight is 368 g/mol. The number of anilines is 1. The van der Waals surface area contributed by atoms with Crippen LogP contribution in [-0.4, -0.2) is 24.2 Å². The number of alkyl halides is 3. The van der Waals surface area contributed by atoms with Crippen molar-refractivity contribution in [3.8, 4) is 11.9 Å². The Balaban J connectivity index is 1.71. The van der Waals surface area contributed by atoms with Crippen molar-refractivity contribution in [1.82, 2.24) is 4.98 Å². The largest absolute Gasteiger partial charge is 0.471 e. The van der Waals surface area contributed by atoms with Gasteiger partial charge in [-0.25, -0.2) is 4.98 Å². The van der Waals surface area contributed by atoms with E-state index >= 15 is 0 Å². The molecular weight excluding hydrogens is 355 g/mol. The minimum atomic E-state index is -4.50. The van der Waals surface area contributed by atoms with Gasteiger partial charge < -0.3 is 9.64 Å². The molecule has 1 aliphatic heterocycles. The van der Waals surface area contributed by atoms with Crippen LogP contribution in [0.4, 0.5) is 18.9 Å². The highest BCUT2D eigenvalue weighted by molar-refractivity contribution is 6.31. The molecule has 2 aromatic rings. The maximum absolute atomic E-state index is 12.6. The molecule has 0 unspecified atom stereocenters. The Hall–Kier alpha value is -2.46. The van der Waals surface area contributed by atoms with E-state index in [1.807, 2.05) is 17.0 Å². The number of aromatic nitrogens is 1. The Morgan fingerprint density at radius 1 is 1.32 bits per heavy atom. The predicted octanol–water partition coefficient (Wildman–Crippen LogP) is 4.28. The fourth-order valence-electron chi connectivity index (χ4n) is 2.71. The summed E-state index contributed by atoms with van der Waals surface area (Å²) in [5, 5.41) is 9.01. The summed E-state index contributed by atoms with van der Waals surface area (Å²) in [5.74, 6) is -0.0184. The molecule has 0 radical (unpaired) electrons. The van der Waals surface area contributed by atoms with E-state index in [0.717, 1.165) is 11.8 Å². The summed E-state index contributed by atoms with van der Waals surface area (Å²) in [5.41, 5.74) is 0.456. The van der Waals surface area contributed by atoms with Crippen LogP contribution in [0, 0.1) is 11.3 Å². The zero-order valence-electron chi connectivity index (χ0n) is 12.9. The number of benzene rings is 1. The Morgan fingerprint density at radius 2 is 2.08 bits per heavy atom. The van der Waals surface area contributed by atoms with E-state index in [4.69, 9.17) is 16.3 Å². The zero-order valence-corrected chi connectivity index (χ0v) is 13.7. The maximum atomic E-state index is 12.6. The summed E-state index contributed by atoms with van der Waals surface area (Å²) in [6.45, 7) is 1.17. The monoisotopic (exact) mass is 367 g/mol. The van der Waals surface area contributed by atoms with Gasteiger partial charge in [-0.3, -0.25) is 0 Å².